The number of amides is 1. The summed E-state index contributed by atoms with van der Waals surface area (Å²) in [5.74, 6) is 0. The summed E-state index contributed by atoms with van der Waals surface area (Å²) >= 11 is -0.750. The molecule has 0 bridgehead atoms. The number of carbonyl (C=O) groups excluding carboxylic acids is 1. The van der Waals surface area contributed by atoms with Gasteiger partial charge in [-0.1, -0.05) is 0 Å². The van der Waals surface area contributed by atoms with Crippen LogP contribution in [0.3, 0.4) is 0 Å². The summed E-state index contributed by atoms with van der Waals surface area (Å²) in [6.07, 6.45) is 4.17. The third kappa shape index (κ3) is 7.59. The van der Waals surface area contributed by atoms with E-state index >= 15 is 0 Å². The topological polar surface area (TPSA) is 72.9 Å². The second-order valence-corrected chi connectivity index (χ2v) is 5.96. The van der Waals surface area contributed by atoms with Gasteiger partial charge in [0.1, 0.15) is 5.60 Å². The Morgan fingerprint density at radius 2 is 1.60 bits per heavy atom. The first kappa shape index (κ1) is 19.1. The number of hydrogen-bond acceptors (Lipinski definition) is 5. The molecule has 1 saturated carbocycles. The van der Waals surface area contributed by atoms with Gasteiger partial charge < -0.3 is 14.4 Å². The van der Waals surface area contributed by atoms with E-state index in [9.17, 15) is 4.79 Å². The maximum atomic E-state index is 11.9. The van der Waals surface area contributed by atoms with Crippen LogP contribution in [0.25, 0.3) is 0 Å². The van der Waals surface area contributed by atoms with E-state index in [1.54, 1.807) is 12.0 Å². The van der Waals surface area contributed by atoms with Gasteiger partial charge in [0.2, 0.25) is 0 Å². The van der Waals surface area contributed by atoms with E-state index < -0.39 is 17.2 Å². The third-order valence-electron chi connectivity index (χ3n) is 3.21. The number of methoxy groups -OCH3 is 1. The number of hydrogen-bond donors (Lipinski definition) is 0. The summed E-state index contributed by atoms with van der Waals surface area (Å²) in [6, 6.07) is 0.288. The molecule has 0 aromatic rings. The Hall–Kier alpha value is -0.950. The van der Waals surface area contributed by atoms with Gasteiger partial charge in [0.15, 0.2) is 0 Å². The standard InChI is InChI=1S/C13H25NO3.O2S/c1-13(2,3)17-12(15)14(4)10-6-8-11(16-5)9-7-10;1-3-2/h10-11H,6-9H2,1-5H3;. The Kier molecular flexibility index (Phi) is 8.64. The molecule has 0 unspecified atom stereocenters. The minimum atomic E-state index is -0.750. The summed E-state index contributed by atoms with van der Waals surface area (Å²) in [4.78, 5) is 13.6. The Morgan fingerprint density at radius 1 is 1.15 bits per heavy atom. The van der Waals surface area contributed by atoms with Crippen LogP contribution in [-0.2, 0) is 21.0 Å². The molecule has 1 amide bonds. The minimum Gasteiger partial charge on any atom is -0.444 e. The van der Waals surface area contributed by atoms with E-state index in [1.807, 2.05) is 27.8 Å². The fraction of sp³-hybridized carbons (Fsp3) is 0.923. The van der Waals surface area contributed by atoms with Gasteiger partial charge in [-0.25, -0.2) is 4.79 Å². The molecule has 0 atom stereocenters. The molecular weight excluding hydrogens is 282 g/mol. The summed E-state index contributed by atoms with van der Waals surface area (Å²) < 4.78 is 27.3. The molecular formula is C13H25NO5S. The molecule has 0 heterocycles. The van der Waals surface area contributed by atoms with Crippen molar-refractivity contribution in [2.45, 2.75) is 64.2 Å². The van der Waals surface area contributed by atoms with E-state index in [-0.39, 0.29) is 12.1 Å². The lowest BCUT2D eigenvalue weighted by Gasteiger charge is -2.35. The summed E-state index contributed by atoms with van der Waals surface area (Å²) in [5.41, 5.74) is -0.422. The molecule has 1 aliphatic carbocycles. The van der Waals surface area contributed by atoms with E-state index in [2.05, 4.69) is 0 Å². The average molecular weight is 307 g/mol. The number of rotatable bonds is 2. The lowest BCUT2D eigenvalue weighted by Crippen LogP contribution is -2.43. The largest absolute Gasteiger partial charge is 0.444 e. The zero-order chi connectivity index (χ0) is 15.8. The molecule has 0 aliphatic heterocycles. The predicted molar refractivity (Wildman–Crippen MR) is 76.0 cm³/mol. The fourth-order valence-corrected chi connectivity index (χ4v) is 2.15. The van der Waals surface area contributed by atoms with E-state index in [4.69, 9.17) is 17.9 Å². The van der Waals surface area contributed by atoms with Gasteiger partial charge in [0, 0.05) is 20.2 Å². The molecule has 1 fully saturated rings. The third-order valence-corrected chi connectivity index (χ3v) is 3.21. The first-order chi connectivity index (χ1) is 9.25. The lowest BCUT2D eigenvalue weighted by molar-refractivity contribution is 0.00670. The Labute approximate surface area is 124 Å². The molecule has 0 spiro atoms. The predicted octanol–water partition coefficient (Wildman–Crippen LogP) is 2.14. The van der Waals surface area contributed by atoms with Crippen LogP contribution in [0, 0.1) is 0 Å². The van der Waals surface area contributed by atoms with Gasteiger partial charge in [0.25, 0.3) is 0 Å². The van der Waals surface area contributed by atoms with Crippen LogP contribution in [0.1, 0.15) is 46.5 Å². The van der Waals surface area contributed by atoms with E-state index in [0.717, 1.165) is 25.7 Å². The molecule has 20 heavy (non-hydrogen) atoms. The first-order valence-electron chi connectivity index (χ1n) is 6.65. The Bertz CT molecular complexity index is 328. The molecule has 6 nitrogen and oxygen atoms in total. The smallest absolute Gasteiger partial charge is 0.410 e. The molecule has 0 aromatic carbocycles. The second kappa shape index (κ2) is 9.07. The zero-order valence-corrected chi connectivity index (χ0v) is 13.7. The molecule has 1 aliphatic rings. The minimum absolute atomic E-state index is 0.224. The Morgan fingerprint density at radius 3 is 1.95 bits per heavy atom. The monoisotopic (exact) mass is 307 g/mol. The summed E-state index contributed by atoms with van der Waals surface area (Å²) in [5, 5.41) is 0. The van der Waals surface area contributed by atoms with Crippen molar-refractivity contribution < 1.29 is 22.7 Å². The maximum absolute atomic E-state index is 11.9. The van der Waals surface area contributed by atoms with Crippen LogP contribution in [0.4, 0.5) is 4.79 Å². The van der Waals surface area contributed by atoms with E-state index in [1.165, 1.54) is 0 Å². The van der Waals surface area contributed by atoms with Crippen LogP contribution < -0.4 is 0 Å². The van der Waals surface area contributed by atoms with Gasteiger partial charge >= 0.3 is 17.7 Å². The van der Waals surface area contributed by atoms with Crippen molar-refractivity contribution in [3.63, 3.8) is 0 Å². The van der Waals surface area contributed by atoms with Crippen LogP contribution in [0.2, 0.25) is 0 Å². The number of carbonyl (C=O) groups is 1. The molecule has 1 rings (SSSR count). The van der Waals surface area contributed by atoms with E-state index in [0.29, 0.717) is 6.10 Å². The van der Waals surface area contributed by atoms with Crippen LogP contribution in [-0.4, -0.2) is 51.3 Å². The molecule has 0 aromatic heterocycles. The molecule has 0 N–H and O–H groups in total. The van der Waals surface area contributed by atoms with Crippen molar-refractivity contribution in [2.75, 3.05) is 14.2 Å². The van der Waals surface area contributed by atoms with Crippen molar-refractivity contribution in [3.8, 4) is 0 Å². The second-order valence-electron chi connectivity index (χ2n) is 5.83. The van der Waals surface area contributed by atoms with Gasteiger partial charge in [-0.05, 0) is 46.5 Å². The van der Waals surface area contributed by atoms with Gasteiger partial charge in [-0.3, -0.25) is 0 Å². The zero-order valence-electron chi connectivity index (χ0n) is 12.9. The highest BCUT2D eigenvalue weighted by Gasteiger charge is 2.29. The van der Waals surface area contributed by atoms with Crippen molar-refractivity contribution in [3.05, 3.63) is 0 Å². The van der Waals surface area contributed by atoms with Crippen molar-refractivity contribution in [1.29, 1.82) is 0 Å². The van der Waals surface area contributed by atoms with Crippen molar-refractivity contribution >= 4 is 17.7 Å². The SMILES string of the molecule is COC1CCC(N(C)C(=O)OC(C)(C)C)CC1.O=S=O. The quantitative estimate of drug-likeness (QED) is 0.781. The number of nitrogens with zero attached hydrogens (tertiary/aromatic N) is 1. The summed E-state index contributed by atoms with van der Waals surface area (Å²) in [7, 11) is 3.58. The van der Waals surface area contributed by atoms with Crippen LogP contribution in [0.5, 0.6) is 0 Å². The molecule has 7 heteroatoms. The Balaban J connectivity index is 0.00000110. The summed E-state index contributed by atoms with van der Waals surface area (Å²) in [6.45, 7) is 5.67. The highest BCUT2D eigenvalue weighted by Crippen LogP contribution is 2.25. The number of ether oxygens (including phenoxy) is 2. The lowest BCUT2D eigenvalue weighted by atomic mass is 9.92. The highest BCUT2D eigenvalue weighted by molar-refractivity contribution is 7.51. The van der Waals surface area contributed by atoms with Gasteiger partial charge in [-0.15, -0.1) is 0 Å². The maximum Gasteiger partial charge on any atom is 0.410 e. The molecule has 0 radical (unpaired) electrons. The van der Waals surface area contributed by atoms with Crippen LogP contribution in [0.15, 0.2) is 0 Å². The van der Waals surface area contributed by atoms with Gasteiger partial charge in [-0.2, -0.15) is 8.42 Å². The fourth-order valence-electron chi connectivity index (χ4n) is 2.15. The van der Waals surface area contributed by atoms with Crippen molar-refractivity contribution in [1.82, 2.24) is 4.90 Å². The highest BCUT2D eigenvalue weighted by atomic mass is 32.1. The average Bonchev–Trinajstić information content (AvgIpc) is 2.37. The first-order valence-corrected chi connectivity index (χ1v) is 7.32. The molecule has 0 saturated heterocycles. The molecule has 118 valence electrons. The van der Waals surface area contributed by atoms with Gasteiger partial charge in [0.05, 0.1) is 6.10 Å². The van der Waals surface area contributed by atoms with Crippen LogP contribution >= 0.6 is 0 Å². The normalized spacial score (nSPS) is 22.2. The van der Waals surface area contributed by atoms with Crippen molar-refractivity contribution in [2.24, 2.45) is 0 Å².